The Labute approximate surface area is 211 Å². The lowest BCUT2D eigenvalue weighted by atomic mass is 10.1. The van der Waals surface area contributed by atoms with Crippen molar-refractivity contribution in [1.82, 2.24) is 0 Å². The standard InChI is InChI=1S/C30H20O7/c1-18-12-14-23-22(16-18)26(31)27(32)28(35-23)21-13-15-24(36-29(33)19-8-4-2-5-9-19)25(17-21)37-30(34)20-10-6-3-7-11-20/h2-17,32H,1H3. The Hall–Kier alpha value is -5.17. The molecule has 0 bridgehead atoms. The highest BCUT2D eigenvalue weighted by Crippen LogP contribution is 2.37. The first kappa shape index (κ1) is 23.6. The molecule has 0 fully saturated rings. The Kier molecular flexibility index (Phi) is 6.26. The molecular weight excluding hydrogens is 472 g/mol. The van der Waals surface area contributed by atoms with Crippen LogP contribution >= 0.6 is 0 Å². The van der Waals surface area contributed by atoms with E-state index in [-0.39, 0.29) is 39.4 Å². The van der Waals surface area contributed by atoms with Gasteiger partial charge in [0.15, 0.2) is 17.3 Å². The SMILES string of the molecule is Cc1ccc2oc(-c3ccc(OC(=O)c4ccccc4)c(OC(=O)c4ccccc4)c3)c(O)c(=O)c2c1. The Bertz CT molecular complexity index is 1690. The van der Waals surface area contributed by atoms with Crippen molar-refractivity contribution in [1.29, 1.82) is 0 Å². The minimum Gasteiger partial charge on any atom is -0.502 e. The molecule has 0 atom stereocenters. The monoisotopic (exact) mass is 492 g/mol. The number of fused-ring (bicyclic) bond motifs is 1. The molecule has 0 spiro atoms. The van der Waals surface area contributed by atoms with Crippen LogP contribution in [0.1, 0.15) is 26.3 Å². The quantitative estimate of drug-likeness (QED) is 0.240. The number of carbonyl (C=O) groups excluding carboxylic acids is 2. The van der Waals surface area contributed by atoms with Crippen LogP contribution in [0.4, 0.5) is 0 Å². The van der Waals surface area contributed by atoms with Gasteiger partial charge in [0, 0.05) is 5.56 Å². The van der Waals surface area contributed by atoms with Gasteiger partial charge in [-0.05, 0) is 61.5 Å². The molecule has 1 aromatic heterocycles. The lowest BCUT2D eigenvalue weighted by Gasteiger charge is -2.13. The summed E-state index contributed by atoms with van der Waals surface area (Å²) in [6.07, 6.45) is 0. The minimum absolute atomic E-state index is 0.0277. The second kappa shape index (κ2) is 9.83. The fourth-order valence-corrected chi connectivity index (χ4v) is 3.77. The molecule has 0 saturated carbocycles. The predicted octanol–water partition coefficient (Wildman–Crippen LogP) is 5.91. The molecule has 0 amide bonds. The number of carbonyl (C=O) groups is 2. The molecule has 7 heteroatoms. The van der Waals surface area contributed by atoms with Crippen LogP contribution in [-0.4, -0.2) is 17.0 Å². The number of esters is 2. The first-order valence-electron chi connectivity index (χ1n) is 11.4. The highest BCUT2D eigenvalue weighted by Gasteiger charge is 2.21. The van der Waals surface area contributed by atoms with Gasteiger partial charge in [-0.25, -0.2) is 9.59 Å². The third-order valence-corrected chi connectivity index (χ3v) is 5.65. The first-order valence-corrected chi connectivity index (χ1v) is 11.4. The van der Waals surface area contributed by atoms with Crippen LogP contribution in [0.2, 0.25) is 0 Å². The van der Waals surface area contributed by atoms with Crippen molar-refractivity contribution in [3.8, 4) is 28.6 Å². The summed E-state index contributed by atoms with van der Waals surface area (Å²) in [6.45, 7) is 1.83. The van der Waals surface area contributed by atoms with E-state index in [4.69, 9.17) is 13.9 Å². The van der Waals surface area contributed by atoms with Crippen molar-refractivity contribution in [3.63, 3.8) is 0 Å². The van der Waals surface area contributed by atoms with Crippen molar-refractivity contribution in [2.75, 3.05) is 0 Å². The summed E-state index contributed by atoms with van der Waals surface area (Å²) in [5.74, 6) is -2.16. The molecule has 5 rings (SSSR count). The van der Waals surface area contributed by atoms with Crippen LogP contribution in [0.15, 0.2) is 106 Å². The van der Waals surface area contributed by atoms with Crippen molar-refractivity contribution in [2.24, 2.45) is 0 Å². The summed E-state index contributed by atoms with van der Waals surface area (Å²) in [4.78, 5) is 38.3. The normalized spacial score (nSPS) is 10.7. The topological polar surface area (TPSA) is 103 Å². The van der Waals surface area contributed by atoms with Gasteiger partial charge in [0.05, 0.1) is 16.5 Å². The molecular formula is C30H20O7. The van der Waals surface area contributed by atoms with Crippen LogP contribution in [-0.2, 0) is 0 Å². The first-order chi connectivity index (χ1) is 17.9. The Balaban J connectivity index is 1.59. The average Bonchev–Trinajstić information content (AvgIpc) is 2.93. The van der Waals surface area contributed by atoms with E-state index >= 15 is 0 Å². The van der Waals surface area contributed by atoms with Gasteiger partial charge in [-0.2, -0.15) is 0 Å². The maximum Gasteiger partial charge on any atom is 0.343 e. The van der Waals surface area contributed by atoms with Crippen LogP contribution in [0.25, 0.3) is 22.3 Å². The van der Waals surface area contributed by atoms with Crippen molar-refractivity contribution < 1.29 is 28.6 Å². The number of hydrogen-bond acceptors (Lipinski definition) is 7. The Morgan fingerprint density at radius 2 is 1.32 bits per heavy atom. The summed E-state index contributed by atoms with van der Waals surface area (Å²) in [6, 6.07) is 26.0. The maximum absolute atomic E-state index is 12.8. The van der Waals surface area contributed by atoms with Gasteiger partial charge >= 0.3 is 11.9 Å². The molecule has 0 aliphatic carbocycles. The van der Waals surface area contributed by atoms with E-state index in [2.05, 4.69) is 0 Å². The molecule has 0 aliphatic rings. The zero-order valence-corrected chi connectivity index (χ0v) is 19.6. The van der Waals surface area contributed by atoms with E-state index in [1.54, 1.807) is 78.9 Å². The Morgan fingerprint density at radius 1 is 0.730 bits per heavy atom. The largest absolute Gasteiger partial charge is 0.502 e. The van der Waals surface area contributed by atoms with Crippen molar-refractivity contribution in [2.45, 2.75) is 6.92 Å². The van der Waals surface area contributed by atoms with Crippen LogP contribution < -0.4 is 14.9 Å². The van der Waals surface area contributed by atoms with E-state index < -0.39 is 23.1 Å². The van der Waals surface area contributed by atoms with Crippen LogP contribution in [0, 0.1) is 6.92 Å². The number of ether oxygens (including phenoxy) is 2. The fourth-order valence-electron chi connectivity index (χ4n) is 3.77. The van der Waals surface area contributed by atoms with E-state index in [0.29, 0.717) is 5.56 Å². The van der Waals surface area contributed by atoms with Crippen molar-refractivity contribution in [3.05, 3.63) is 124 Å². The fraction of sp³-hybridized carbons (Fsp3) is 0.0333. The van der Waals surface area contributed by atoms with Crippen molar-refractivity contribution >= 4 is 22.9 Å². The van der Waals surface area contributed by atoms with E-state index in [9.17, 15) is 19.5 Å². The third-order valence-electron chi connectivity index (χ3n) is 5.65. The molecule has 0 unspecified atom stereocenters. The zero-order chi connectivity index (χ0) is 25.9. The molecule has 0 aliphatic heterocycles. The lowest BCUT2D eigenvalue weighted by molar-refractivity contribution is 0.0682. The molecule has 1 heterocycles. The number of aryl methyl sites for hydroxylation is 1. The van der Waals surface area contributed by atoms with Crippen LogP contribution in [0.3, 0.4) is 0 Å². The number of aromatic hydroxyl groups is 1. The molecule has 7 nitrogen and oxygen atoms in total. The zero-order valence-electron chi connectivity index (χ0n) is 19.6. The Morgan fingerprint density at radius 3 is 1.95 bits per heavy atom. The minimum atomic E-state index is -0.686. The molecule has 5 aromatic rings. The summed E-state index contributed by atoms with van der Waals surface area (Å²) in [7, 11) is 0. The maximum atomic E-state index is 12.8. The van der Waals surface area contributed by atoms with Crippen LogP contribution in [0.5, 0.6) is 17.2 Å². The number of hydrogen-bond donors (Lipinski definition) is 1. The van der Waals surface area contributed by atoms with Gasteiger partial charge in [-0.1, -0.05) is 48.0 Å². The molecule has 0 saturated heterocycles. The second-order valence-corrected chi connectivity index (χ2v) is 8.28. The smallest absolute Gasteiger partial charge is 0.343 e. The molecule has 0 radical (unpaired) electrons. The molecule has 182 valence electrons. The van der Waals surface area contributed by atoms with Gasteiger partial charge in [0.1, 0.15) is 5.58 Å². The third kappa shape index (κ3) is 4.83. The summed E-state index contributed by atoms with van der Waals surface area (Å²) in [5, 5.41) is 10.9. The number of rotatable bonds is 5. The highest BCUT2D eigenvalue weighted by atomic mass is 16.6. The number of benzene rings is 4. The lowest BCUT2D eigenvalue weighted by Crippen LogP contribution is -2.12. The predicted molar refractivity (Wildman–Crippen MR) is 137 cm³/mol. The van der Waals surface area contributed by atoms with Gasteiger partial charge < -0.3 is 19.0 Å². The van der Waals surface area contributed by atoms with E-state index in [1.807, 2.05) is 6.92 Å². The summed E-state index contributed by atoms with van der Waals surface area (Å²) >= 11 is 0. The van der Waals surface area contributed by atoms with Gasteiger partial charge in [0.25, 0.3) is 0 Å². The van der Waals surface area contributed by atoms with Gasteiger partial charge in [-0.3, -0.25) is 4.79 Å². The van der Waals surface area contributed by atoms with Gasteiger partial charge in [0.2, 0.25) is 11.2 Å². The van der Waals surface area contributed by atoms with E-state index in [0.717, 1.165) is 5.56 Å². The molecule has 37 heavy (non-hydrogen) atoms. The second-order valence-electron chi connectivity index (χ2n) is 8.28. The van der Waals surface area contributed by atoms with E-state index in [1.165, 1.54) is 18.2 Å². The molecule has 4 aromatic carbocycles. The summed E-state index contributed by atoms with van der Waals surface area (Å²) < 4.78 is 17.0. The van der Waals surface area contributed by atoms with Gasteiger partial charge in [-0.15, -0.1) is 0 Å². The highest BCUT2D eigenvalue weighted by molar-refractivity contribution is 5.93. The molecule has 1 N–H and O–H groups in total. The summed E-state index contributed by atoms with van der Waals surface area (Å²) in [5.41, 5.74) is 1.36. The average molecular weight is 492 g/mol.